The van der Waals surface area contributed by atoms with Crippen molar-refractivity contribution < 1.29 is 14.3 Å². The maximum Gasteiger partial charge on any atom is 0.339 e. The lowest BCUT2D eigenvalue weighted by atomic mass is 10.1. The van der Waals surface area contributed by atoms with E-state index in [-0.39, 0.29) is 5.91 Å². The smallest absolute Gasteiger partial charge is 0.339 e. The maximum absolute atomic E-state index is 12.7. The normalized spacial score (nSPS) is 10.9. The van der Waals surface area contributed by atoms with Gasteiger partial charge >= 0.3 is 5.97 Å². The van der Waals surface area contributed by atoms with Crippen LogP contribution in [-0.4, -0.2) is 24.0 Å². The summed E-state index contributed by atoms with van der Waals surface area (Å²) < 4.78 is 4.77. The number of benzene rings is 2. The van der Waals surface area contributed by atoms with E-state index >= 15 is 0 Å². The Bertz CT molecular complexity index is 1200. The predicted octanol–water partition coefficient (Wildman–Crippen LogP) is 4.80. The van der Waals surface area contributed by atoms with Gasteiger partial charge in [-0.15, -0.1) is 11.3 Å². The first-order chi connectivity index (χ1) is 13.0. The van der Waals surface area contributed by atoms with Crippen LogP contribution in [0.4, 0.5) is 5.69 Å². The molecular weight excluding hydrogens is 360 g/mol. The summed E-state index contributed by atoms with van der Waals surface area (Å²) >= 11 is 1.33. The Hall–Kier alpha value is -3.25. The molecule has 0 saturated heterocycles. The van der Waals surface area contributed by atoms with Gasteiger partial charge in [0.05, 0.1) is 28.8 Å². The number of nitrogens with zero attached hydrogens (tertiary/aromatic N) is 1. The summed E-state index contributed by atoms with van der Waals surface area (Å²) in [5, 5.41) is 4.75. The minimum absolute atomic E-state index is 0.283. The number of carbonyl (C=O) groups excluding carboxylic acids is 2. The van der Waals surface area contributed by atoms with Gasteiger partial charge in [-0.3, -0.25) is 4.79 Å². The summed E-state index contributed by atoms with van der Waals surface area (Å²) in [6, 6.07) is 16.7. The van der Waals surface area contributed by atoms with Crippen LogP contribution in [0.25, 0.3) is 21.1 Å². The van der Waals surface area contributed by atoms with Crippen molar-refractivity contribution in [3.8, 4) is 0 Å². The van der Waals surface area contributed by atoms with Crippen LogP contribution in [0.3, 0.4) is 0 Å². The molecule has 0 aliphatic carbocycles. The second kappa shape index (κ2) is 6.81. The number of esters is 1. The number of thiophene rings is 1. The van der Waals surface area contributed by atoms with Gasteiger partial charge in [-0.1, -0.05) is 24.3 Å². The number of hydrogen-bond donors (Lipinski definition) is 1. The van der Waals surface area contributed by atoms with Gasteiger partial charge in [0.2, 0.25) is 0 Å². The Morgan fingerprint density at radius 1 is 1.04 bits per heavy atom. The Morgan fingerprint density at radius 3 is 2.67 bits per heavy atom. The van der Waals surface area contributed by atoms with Crippen molar-refractivity contribution in [2.24, 2.45) is 0 Å². The molecule has 4 aromatic rings. The van der Waals surface area contributed by atoms with E-state index < -0.39 is 5.97 Å². The number of para-hydroxylation sites is 1. The third kappa shape index (κ3) is 3.27. The van der Waals surface area contributed by atoms with E-state index in [9.17, 15) is 9.59 Å². The quantitative estimate of drug-likeness (QED) is 0.522. The summed E-state index contributed by atoms with van der Waals surface area (Å²) in [6.45, 7) is 2.03. The fraction of sp³-hybridized carbons (Fsp3) is 0.0952. The molecule has 0 aliphatic rings. The largest absolute Gasteiger partial charge is 0.465 e. The van der Waals surface area contributed by atoms with Gasteiger partial charge in [0.25, 0.3) is 5.91 Å². The fourth-order valence-corrected chi connectivity index (χ4v) is 3.83. The molecule has 0 unspecified atom stereocenters. The average Bonchev–Trinajstić information content (AvgIpc) is 3.09. The molecule has 1 amide bonds. The standard InChI is InChI=1S/C21H16N2O3S/c1-12-7-8-13-10-14-11-18(27-20(14)23-17(13)9-12)19(24)22-16-6-4-3-5-15(16)21(25)26-2/h3-11H,1-2H3,(H,22,24). The lowest BCUT2D eigenvalue weighted by molar-refractivity contribution is 0.0602. The number of amides is 1. The van der Waals surface area contributed by atoms with Crippen LogP contribution in [-0.2, 0) is 4.74 Å². The fourth-order valence-electron chi connectivity index (χ4n) is 2.91. The topological polar surface area (TPSA) is 68.3 Å². The Balaban J connectivity index is 1.69. The van der Waals surface area contributed by atoms with Crippen molar-refractivity contribution in [3.05, 3.63) is 70.6 Å². The number of nitrogens with one attached hydrogen (secondary N) is 1. The molecule has 0 spiro atoms. The monoisotopic (exact) mass is 376 g/mol. The Kier molecular flexibility index (Phi) is 4.33. The van der Waals surface area contributed by atoms with Crippen molar-refractivity contribution in [1.29, 1.82) is 0 Å². The molecule has 0 radical (unpaired) electrons. The highest BCUT2D eigenvalue weighted by molar-refractivity contribution is 7.20. The molecule has 2 aromatic carbocycles. The molecule has 2 aromatic heterocycles. The van der Waals surface area contributed by atoms with Crippen LogP contribution >= 0.6 is 11.3 Å². The van der Waals surface area contributed by atoms with Crippen molar-refractivity contribution in [3.63, 3.8) is 0 Å². The Morgan fingerprint density at radius 2 is 1.85 bits per heavy atom. The van der Waals surface area contributed by atoms with Gasteiger partial charge < -0.3 is 10.1 Å². The summed E-state index contributed by atoms with van der Waals surface area (Å²) in [4.78, 5) is 30.6. The molecule has 0 aliphatic heterocycles. The van der Waals surface area contributed by atoms with E-state index in [4.69, 9.17) is 4.74 Å². The van der Waals surface area contributed by atoms with E-state index in [1.165, 1.54) is 18.4 Å². The molecule has 1 N–H and O–H groups in total. The number of aromatic nitrogens is 1. The lowest BCUT2D eigenvalue weighted by Crippen LogP contribution is -2.14. The number of fused-ring (bicyclic) bond motifs is 2. The number of carbonyl (C=O) groups is 2. The lowest BCUT2D eigenvalue weighted by Gasteiger charge is -2.08. The van der Waals surface area contributed by atoms with Crippen LogP contribution in [0.1, 0.15) is 25.6 Å². The molecule has 0 atom stereocenters. The van der Waals surface area contributed by atoms with Crippen LogP contribution in [0.2, 0.25) is 0 Å². The number of rotatable bonds is 3. The van der Waals surface area contributed by atoms with Gasteiger partial charge in [0, 0.05) is 10.8 Å². The van der Waals surface area contributed by atoms with Crippen LogP contribution in [0.15, 0.2) is 54.6 Å². The second-order valence-corrected chi connectivity index (χ2v) is 7.21. The number of anilines is 1. The van der Waals surface area contributed by atoms with E-state index in [0.29, 0.717) is 16.1 Å². The highest BCUT2D eigenvalue weighted by atomic mass is 32.1. The SMILES string of the molecule is COC(=O)c1ccccc1NC(=O)c1cc2cc3ccc(C)cc3nc2s1. The van der Waals surface area contributed by atoms with E-state index in [1.807, 2.05) is 37.3 Å². The summed E-state index contributed by atoms with van der Waals surface area (Å²) in [5.74, 6) is -0.778. The summed E-state index contributed by atoms with van der Waals surface area (Å²) in [6.07, 6.45) is 0. The van der Waals surface area contributed by atoms with Crippen molar-refractivity contribution in [1.82, 2.24) is 4.98 Å². The predicted molar refractivity (Wildman–Crippen MR) is 108 cm³/mol. The Labute approximate surface area is 159 Å². The number of methoxy groups -OCH3 is 1. The van der Waals surface area contributed by atoms with Gasteiger partial charge in [0.1, 0.15) is 4.83 Å². The van der Waals surface area contributed by atoms with Gasteiger partial charge in [-0.25, -0.2) is 9.78 Å². The van der Waals surface area contributed by atoms with Crippen molar-refractivity contribution in [2.45, 2.75) is 6.92 Å². The molecule has 0 bridgehead atoms. The van der Waals surface area contributed by atoms with Gasteiger partial charge in [0.15, 0.2) is 0 Å². The minimum Gasteiger partial charge on any atom is -0.465 e. The molecule has 5 nitrogen and oxygen atoms in total. The average molecular weight is 376 g/mol. The third-order valence-electron chi connectivity index (χ3n) is 4.26. The first-order valence-corrected chi connectivity index (χ1v) is 9.16. The van der Waals surface area contributed by atoms with Gasteiger partial charge in [-0.05, 0) is 42.8 Å². The highest BCUT2D eigenvalue weighted by Gasteiger charge is 2.16. The molecule has 2 heterocycles. The zero-order valence-corrected chi connectivity index (χ0v) is 15.6. The van der Waals surface area contributed by atoms with Crippen molar-refractivity contribution in [2.75, 3.05) is 12.4 Å². The van der Waals surface area contributed by atoms with E-state index in [2.05, 4.69) is 10.3 Å². The minimum atomic E-state index is -0.495. The maximum atomic E-state index is 12.7. The van der Waals surface area contributed by atoms with Crippen LogP contribution in [0.5, 0.6) is 0 Å². The number of aryl methyl sites for hydroxylation is 1. The second-order valence-electron chi connectivity index (χ2n) is 6.18. The molecule has 6 heteroatoms. The molecular formula is C21H16N2O3S. The van der Waals surface area contributed by atoms with Crippen LogP contribution < -0.4 is 5.32 Å². The third-order valence-corrected chi connectivity index (χ3v) is 5.31. The zero-order valence-electron chi connectivity index (χ0n) is 14.8. The summed E-state index contributed by atoms with van der Waals surface area (Å²) in [5.41, 5.74) is 2.78. The van der Waals surface area contributed by atoms with Crippen molar-refractivity contribution >= 4 is 50.0 Å². The summed E-state index contributed by atoms with van der Waals surface area (Å²) in [7, 11) is 1.31. The first-order valence-electron chi connectivity index (χ1n) is 8.35. The molecule has 4 rings (SSSR count). The van der Waals surface area contributed by atoms with E-state index in [1.54, 1.807) is 24.3 Å². The number of ether oxygens (including phenoxy) is 1. The zero-order chi connectivity index (χ0) is 19.0. The highest BCUT2D eigenvalue weighted by Crippen LogP contribution is 2.29. The first kappa shape index (κ1) is 17.2. The molecule has 0 saturated carbocycles. The molecule has 0 fully saturated rings. The number of pyridine rings is 1. The molecule has 27 heavy (non-hydrogen) atoms. The number of hydrogen-bond acceptors (Lipinski definition) is 5. The van der Waals surface area contributed by atoms with Gasteiger partial charge in [-0.2, -0.15) is 0 Å². The van der Waals surface area contributed by atoms with Crippen LogP contribution in [0, 0.1) is 6.92 Å². The molecule has 134 valence electrons. The van der Waals surface area contributed by atoms with E-state index in [0.717, 1.165) is 26.7 Å².